The summed E-state index contributed by atoms with van der Waals surface area (Å²) in [6.07, 6.45) is 0.765. The molecule has 0 nitrogen and oxygen atoms in total. The Labute approximate surface area is 95.7 Å². The number of rotatable bonds is 4. The van der Waals surface area contributed by atoms with Gasteiger partial charge in [-0.25, -0.2) is 0 Å². The van der Waals surface area contributed by atoms with Gasteiger partial charge >= 0.3 is 0 Å². The van der Waals surface area contributed by atoms with E-state index in [-0.39, 0.29) is 12.6 Å². The van der Waals surface area contributed by atoms with Crippen molar-refractivity contribution in [3.05, 3.63) is 71.8 Å². The molecule has 0 N–H and O–H groups in total. The highest BCUT2D eigenvalue weighted by Crippen LogP contribution is 2.21. The first-order valence-corrected chi connectivity index (χ1v) is 5.55. The Balaban J connectivity index is 2.13. The second-order valence-electron chi connectivity index (χ2n) is 3.95. The lowest BCUT2D eigenvalue weighted by Crippen LogP contribution is -2.04. The van der Waals surface area contributed by atoms with E-state index < -0.39 is 0 Å². The van der Waals surface area contributed by atoms with Crippen molar-refractivity contribution in [1.82, 2.24) is 0 Å². The van der Waals surface area contributed by atoms with E-state index in [1.807, 2.05) is 60.7 Å². The van der Waals surface area contributed by atoms with Crippen LogP contribution in [0.15, 0.2) is 60.7 Å². The molecule has 16 heavy (non-hydrogen) atoms. The van der Waals surface area contributed by atoms with Crippen LogP contribution in [0.25, 0.3) is 0 Å². The van der Waals surface area contributed by atoms with Crippen LogP contribution >= 0.6 is 0 Å². The predicted octanol–water partition coefficient (Wildman–Crippen LogP) is 3.98. The van der Waals surface area contributed by atoms with Crippen LogP contribution in [-0.2, 0) is 6.42 Å². The molecule has 1 heteroatoms. The molecule has 2 aromatic rings. The van der Waals surface area contributed by atoms with Crippen LogP contribution in [0.2, 0.25) is 0 Å². The summed E-state index contributed by atoms with van der Waals surface area (Å²) in [7, 11) is 0. The number of hydrogen-bond acceptors (Lipinski definition) is 0. The van der Waals surface area contributed by atoms with E-state index in [4.69, 9.17) is 0 Å². The highest BCUT2D eigenvalue weighted by Gasteiger charge is 2.11. The molecule has 0 saturated carbocycles. The Morgan fingerprint density at radius 2 is 1.38 bits per heavy atom. The standard InChI is InChI=1S/C15H15F/c16-12-15(14-9-5-2-6-10-14)11-13-7-3-1-4-8-13/h1-10,15H,11-12H2/t15-/m0/s1. The molecular weight excluding hydrogens is 199 g/mol. The molecule has 0 amide bonds. The molecule has 0 aliphatic heterocycles. The van der Waals surface area contributed by atoms with Crippen LogP contribution in [0, 0.1) is 0 Å². The van der Waals surface area contributed by atoms with Crippen LogP contribution in [0.5, 0.6) is 0 Å². The third kappa shape index (κ3) is 2.69. The van der Waals surface area contributed by atoms with E-state index in [1.54, 1.807) is 0 Å². The summed E-state index contributed by atoms with van der Waals surface area (Å²) in [5.41, 5.74) is 2.27. The van der Waals surface area contributed by atoms with Crippen molar-refractivity contribution in [2.45, 2.75) is 12.3 Å². The molecule has 1 atom stereocenters. The maximum absolute atomic E-state index is 13.0. The molecule has 0 aliphatic carbocycles. The van der Waals surface area contributed by atoms with Gasteiger partial charge in [0, 0.05) is 5.92 Å². The van der Waals surface area contributed by atoms with E-state index in [1.165, 1.54) is 5.56 Å². The maximum Gasteiger partial charge on any atom is 0.0966 e. The molecule has 0 radical (unpaired) electrons. The third-order valence-electron chi connectivity index (χ3n) is 2.78. The molecule has 0 aliphatic rings. The average Bonchev–Trinajstić information content (AvgIpc) is 2.38. The highest BCUT2D eigenvalue weighted by atomic mass is 19.1. The fourth-order valence-electron chi connectivity index (χ4n) is 1.89. The summed E-state index contributed by atoms with van der Waals surface area (Å²) in [6.45, 7) is -0.307. The number of alkyl halides is 1. The highest BCUT2D eigenvalue weighted by molar-refractivity contribution is 5.24. The van der Waals surface area contributed by atoms with Crippen molar-refractivity contribution in [1.29, 1.82) is 0 Å². The minimum absolute atomic E-state index is 0.0244. The lowest BCUT2D eigenvalue weighted by Gasteiger charge is -2.13. The van der Waals surface area contributed by atoms with Crippen molar-refractivity contribution < 1.29 is 4.39 Å². The molecule has 0 aromatic heterocycles. The number of benzene rings is 2. The summed E-state index contributed by atoms with van der Waals surface area (Å²) in [5, 5.41) is 0. The molecule has 0 heterocycles. The normalized spacial score (nSPS) is 12.3. The average molecular weight is 214 g/mol. The summed E-state index contributed by atoms with van der Waals surface area (Å²) in [4.78, 5) is 0. The van der Waals surface area contributed by atoms with E-state index in [0.717, 1.165) is 12.0 Å². The Hall–Kier alpha value is -1.63. The van der Waals surface area contributed by atoms with Gasteiger partial charge in [-0.1, -0.05) is 60.7 Å². The van der Waals surface area contributed by atoms with Gasteiger partial charge in [-0.2, -0.15) is 0 Å². The molecule has 2 rings (SSSR count). The van der Waals surface area contributed by atoms with E-state index >= 15 is 0 Å². The molecule has 82 valence electrons. The summed E-state index contributed by atoms with van der Waals surface area (Å²) >= 11 is 0. The van der Waals surface area contributed by atoms with Gasteiger partial charge in [0.05, 0.1) is 6.67 Å². The lowest BCUT2D eigenvalue weighted by atomic mass is 9.93. The zero-order chi connectivity index (χ0) is 11.2. The number of halogens is 1. The van der Waals surface area contributed by atoms with Gasteiger partial charge in [-0.15, -0.1) is 0 Å². The first kappa shape index (κ1) is 10.9. The molecule has 0 unspecified atom stereocenters. The van der Waals surface area contributed by atoms with Crippen molar-refractivity contribution in [3.63, 3.8) is 0 Å². The Morgan fingerprint density at radius 3 is 1.94 bits per heavy atom. The van der Waals surface area contributed by atoms with Crippen molar-refractivity contribution in [2.75, 3.05) is 6.67 Å². The largest absolute Gasteiger partial charge is 0.250 e. The Morgan fingerprint density at radius 1 is 0.812 bits per heavy atom. The summed E-state index contributed by atoms with van der Waals surface area (Å²) < 4.78 is 13.0. The molecule has 0 spiro atoms. The van der Waals surface area contributed by atoms with E-state index in [0.29, 0.717) is 0 Å². The fourth-order valence-corrected chi connectivity index (χ4v) is 1.89. The first-order valence-electron chi connectivity index (χ1n) is 5.55. The van der Waals surface area contributed by atoms with Gasteiger partial charge in [0.15, 0.2) is 0 Å². The van der Waals surface area contributed by atoms with Crippen LogP contribution in [0.3, 0.4) is 0 Å². The minimum Gasteiger partial charge on any atom is -0.250 e. The van der Waals surface area contributed by atoms with Crippen molar-refractivity contribution in [2.24, 2.45) is 0 Å². The van der Waals surface area contributed by atoms with Crippen LogP contribution < -0.4 is 0 Å². The molecule has 0 fully saturated rings. The van der Waals surface area contributed by atoms with Crippen molar-refractivity contribution >= 4 is 0 Å². The minimum atomic E-state index is -0.307. The second kappa shape index (κ2) is 5.45. The molecular formula is C15H15F. The van der Waals surface area contributed by atoms with Gasteiger partial charge in [-0.3, -0.25) is 4.39 Å². The van der Waals surface area contributed by atoms with Crippen molar-refractivity contribution in [3.8, 4) is 0 Å². The quantitative estimate of drug-likeness (QED) is 0.722. The van der Waals surface area contributed by atoms with Gasteiger partial charge in [0.1, 0.15) is 0 Å². The number of hydrogen-bond donors (Lipinski definition) is 0. The molecule has 0 bridgehead atoms. The smallest absolute Gasteiger partial charge is 0.0966 e. The summed E-state index contributed by atoms with van der Waals surface area (Å²) in [6, 6.07) is 19.9. The SMILES string of the molecule is FC[C@H](Cc1ccccc1)c1ccccc1. The lowest BCUT2D eigenvalue weighted by molar-refractivity contribution is 0.428. The summed E-state index contributed by atoms with van der Waals surface area (Å²) in [5.74, 6) is -0.0244. The zero-order valence-electron chi connectivity index (χ0n) is 9.14. The van der Waals surface area contributed by atoms with Gasteiger partial charge < -0.3 is 0 Å². The van der Waals surface area contributed by atoms with E-state index in [9.17, 15) is 4.39 Å². The van der Waals surface area contributed by atoms with Crippen LogP contribution in [0.1, 0.15) is 17.0 Å². The second-order valence-corrected chi connectivity index (χ2v) is 3.95. The van der Waals surface area contributed by atoms with Gasteiger partial charge in [-0.05, 0) is 17.5 Å². The Bertz CT molecular complexity index is 408. The topological polar surface area (TPSA) is 0 Å². The first-order chi connectivity index (χ1) is 7.90. The zero-order valence-corrected chi connectivity index (χ0v) is 9.14. The van der Waals surface area contributed by atoms with Crippen LogP contribution in [-0.4, -0.2) is 6.67 Å². The van der Waals surface area contributed by atoms with Gasteiger partial charge in [0.25, 0.3) is 0 Å². The predicted molar refractivity (Wildman–Crippen MR) is 65.3 cm³/mol. The molecule has 2 aromatic carbocycles. The Kier molecular flexibility index (Phi) is 3.71. The maximum atomic E-state index is 13.0. The van der Waals surface area contributed by atoms with Crippen LogP contribution in [0.4, 0.5) is 4.39 Å². The third-order valence-corrected chi connectivity index (χ3v) is 2.78. The van der Waals surface area contributed by atoms with E-state index in [2.05, 4.69) is 0 Å². The monoisotopic (exact) mass is 214 g/mol. The molecule has 0 saturated heterocycles. The fraction of sp³-hybridized carbons (Fsp3) is 0.200. The van der Waals surface area contributed by atoms with Gasteiger partial charge in [0.2, 0.25) is 0 Å².